The van der Waals surface area contributed by atoms with E-state index in [4.69, 9.17) is 13.9 Å². The van der Waals surface area contributed by atoms with Crippen molar-refractivity contribution in [3.63, 3.8) is 0 Å². The van der Waals surface area contributed by atoms with Crippen LogP contribution in [-0.4, -0.2) is 22.3 Å². The van der Waals surface area contributed by atoms with Crippen LogP contribution in [0.1, 0.15) is 11.1 Å². The van der Waals surface area contributed by atoms with E-state index in [1.165, 1.54) is 6.07 Å². The smallest absolute Gasteiger partial charge is 0.321 e. The van der Waals surface area contributed by atoms with Crippen molar-refractivity contribution in [1.29, 1.82) is 0 Å². The van der Waals surface area contributed by atoms with Gasteiger partial charge in [0.1, 0.15) is 22.8 Å². The normalized spacial score (nSPS) is 11.0. The number of aromatic hydroxyl groups is 1. The van der Waals surface area contributed by atoms with Gasteiger partial charge in [0.15, 0.2) is 5.58 Å². The third-order valence-electron chi connectivity index (χ3n) is 5.50. The molecule has 0 spiro atoms. The molecule has 5 aromatic rings. The molecule has 0 bridgehead atoms. The number of fused-ring (bicyclic) bond motifs is 1. The van der Waals surface area contributed by atoms with E-state index in [-0.39, 0.29) is 5.75 Å². The number of para-hydroxylation sites is 2. The number of hydrogen-bond donors (Lipinski definition) is 2. The van der Waals surface area contributed by atoms with E-state index < -0.39 is 12.2 Å². The number of ether oxygens (including phenoxy) is 2. The van der Waals surface area contributed by atoms with E-state index in [0.717, 1.165) is 16.6 Å². The van der Waals surface area contributed by atoms with Crippen LogP contribution in [0.5, 0.6) is 17.2 Å². The van der Waals surface area contributed by atoms with Gasteiger partial charge in [-0.25, -0.2) is 4.98 Å². The topological polar surface area (TPSA) is 93.8 Å². The highest BCUT2D eigenvalue weighted by Crippen LogP contribution is 2.34. The summed E-state index contributed by atoms with van der Waals surface area (Å²) in [7, 11) is 0. The Labute approximate surface area is 207 Å². The van der Waals surface area contributed by atoms with Gasteiger partial charge in [0.2, 0.25) is 5.89 Å². The average molecular weight is 481 g/mol. The van der Waals surface area contributed by atoms with Crippen LogP contribution >= 0.6 is 0 Å². The number of aromatic nitrogens is 1. The molecule has 7 nitrogen and oxygen atoms in total. The summed E-state index contributed by atoms with van der Waals surface area (Å²) in [5.41, 5.74) is 4.22. The third-order valence-corrected chi connectivity index (χ3v) is 5.50. The van der Waals surface area contributed by atoms with Crippen LogP contribution in [0.15, 0.2) is 95.4 Å². The maximum Gasteiger partial charge on any atom is 0.321 e. The van der Waals surface area contributed by atoms with Crippen molar-refractivity contribution < 1.29 is 23.8 Å². The number of anilines is 1. The van der Waals surface area contributed by atoms with Gasteiger partial charge in [-0.15, -0.1) is 0 Å². The minimum absolute atomic E-state index is 0.0850. The molecule has 0 unspecified atom stereocenters. The minimum Gasteiger partial charge on any atom is -0.507 e. The van der Waals surface area contributed by atoms with Gasteiger partial charge in [-0.3, -0.25) is 4.79 Å². The number of rotatable bonds is 7. The first-order valence-corrected chi connectivity index (χ1v) is 11.4. The summed E-state index contributed by atoms with van der Waals surface area (Å²) in [5.74, 6) is 0.634. The molecule has 0 aliphatic carbocycles. The molecule has 0 saturated carbocycles. The SMILES string of the molecule is Cc1cc(C)c2oc(-c3ccc(NC(=O)C(Oc4ccccc4)Oc4ccccc4)cc3O)nc2c1. The number of aryl methyl sites for hydroxylation is 2. The first-order chi connectivity index (χ1) is 17.5. The van der Waals surface area contributed by atoms with E-state index in [9.17, 15) is 9.90 Å². The molecule has 1 amide bonds. The molecule has 0 radical (unpaired) electrons. The fourth-order valence-corrected chi connectivity index (χ4v) is 3.86. The number of hydrogen-bond acceptors (Lipinski definition) is 6. The van der Waals surface area contributed by atoms with Crippen LogP contribution in [0.25, 0.3) is 22.6 Å². The standard InChI is InChI=1S/C29H24N2O5/c1-18-15-19(2)26-24(16-18)31-28(36-26)23-14-13-20(17-25(23)32)30-27(33)29(34-21-9-5-3-6-10-21)35-22-11-7-4-8-12-22/h3-17,29,32H,1-2H3,(H,30,33). The summed E-state index contributed by atoms with van der Waals surface area (Å²) in [6.07, 6.45) is -1.26. The molecule has 1 heterocycles. The second-order valence-electron chi connectivity index (χ2n) is 8.36. The molecule has 2 N–H and O–H groups in total. The number of phenolic OH excluding ortho intramolecular Hbond substituents is 1. The number of nitrogens with zero attached hydrogens (tertiary/aromatic N) is 1. The predicted molar refractivity (Wildman–Crippen MR) is 137 cm³/mol. The van der Waals surface area contributed by atoms with Crippen LogP contribution < -0.4 is 14.8 Å². The Balaban J connectivity index is 1.37. The molecule has 7 heteroatoms. The van der Waals surface area contributed by atoms with Crippen LogP contribution in [0.4, 0.5) is 5.69 Å². The maximum absolute atomic E-state index is 13.1. The third kappa shape index (κ3) is 5.00. The summed E-state index contributed by atoms with van der Waals surface area (Å²) in [6, 6.07) is 26.5. The second-order valence-corrected chi connectivity index (χ2v) is 8.36. The van der Waals surface area contributed by atoms with E-state index in [0.29, 0.717) is 34.2 Å². The zero-order valence-corrected chi connectivity index (χ0v) is 19.8. The van der Waals surface area contributed by atoms with Crippen LogP contribution in [0.3, 0.4) is 0 Å². The van der Waals surface area contributed by atoms with Crippen LogP contribution in [0, 0.1) is 13.8 Å². The molecule has 0 fully saturated rings. The van der Waals surface area contributed by atoms with E-state index in [2.05, 4.69) is 10.3 Å². The first kappa shape index (κ1) is 23.0. The molecule has 0 atom stereocenters. The summed E-state index contributed by atoms with van der Waals surface area (Å²) in [5, 5.41) is 13.4. The molecule has 4 aromatic carbocycles. The highest BCUT2D eigenvalue weighted by Gasteiger charge is 2.24. The number of carbonyl (C=O) groups excluding carboxylic acids is 1. The van der Waals surface area contributed by atoms with Gasteiger partial charge in [-0.2, -0.15) is 0 Å². The Morgan fingerprint density at radius 1 is 0.889 bits per heavy atom. The number of benzene rings is 4. The lowest BCUT2D eigenvalue weighted by Gasteiger charge is -2.20. The quantitative estimate of drug-likeness (QED) is 0.268. The van der Waals surface area contributed by atoms with Crippen molar-refractivity contribution in [3.8, 4) is 28.7 Å². The molecule has 5 rings (SSSR count). The zero-order valence-electron chi connectivity index (χ0n) is 19.8. The van der Waals surface area contributed by atoms with Gasteiger partial charge in [0, 0.05) is 11.8 Å². The van der Waals surface area contributed by atoms with Crippen molar-refractivity contribution in [1.82, 2.24) is 4.98 Å². The Kier molecular flexibility index (Phi) is 6.28. The predicted octanol–water partition coefficient (Wildman–Crippen LogP) is 6.24. The number of oxazole rings is 1. The van der Waals surface area contributed by atoms with Gasteiger partial charge in [-0.05, 0) is 67.4 Å². The van der Waals surface area contributed by atoms with E-state index in [1.807, 2.05) is 38.1 Å². The molecule has 0 saturated heterocycles. The van der Waals surface area contributed by atoms with Gasteiger partial charge in [-0.1, -0.05) is 42.5 Å². The largest absolute Gasteiger partial charge is 0.507 e. The van der Waals surface area contributed by atoms with Crippen LogP contribution in [-0.2, 0) is 4.79 Å². The number of amides is 1. The van der Waals surface area contributed by atoms with Crippen molar-refractivity contribution in [2.45, 2.75) is 20.1 Å². The molecule has 180 valence electrons. The van der Waals surface area contributed by atoms with Crippen molar-refractivity contribution in [2.24, 2.45) is 0 Å². The van der Waals surface area contributed by atoms with Gasteiger partial charge in [0.25, 0.3) is 0 Å². The van der Waals surface area contributed by atoms with Gasteiger partial charge in [0.05, 0.1) is 5.56 Å². The van der Waals surface area contributed by atoms with Gasteiger partial charge >= 0.3 is 12.2 Å². The molecule has 0 aliphatic heterocycles. The van der Waals surface area contributed by atoms with Gasteiger partial charge < -0.3 is 24.3 Å². The summed E-state index contributed by atoms with van der Waals surface area (Å²) < 4.78 is 17.5. The van der Waals surface area contributed by atoms with Crippen molar-refractivity contribution in [2.75, 3.05) is 5.32 Å². The molecule has 1 aromatic heterocycles. The van der Waals surface area contributed by atoms with Crippen molar-refractivity contribution in [3.05, 3.63) is 102 Å². The molecule has 0 aliphatic rings. The Bertz CT molecular complexity index is 1470. The summed E-state index contributed by atoms with van der Waals surface area (Å²) >= 11 is 0. The Morgan fingerprint density at radius 3 is 2.14 bits per heavy atom. The number of phenols is 1. The molecular formula is C29H24N2O5. The minimum atomic E-state index is -1.26. The first-order valence-electron chi connectivity index (χ1n) is 11.4. The highest BCUT2D eigenvalue weighted by molar-refractivity contribution is 5.94. The van der Waals surface area contributed by atoms with E-state index in [1.54, 1.807) is 60.7 Å². The number of nitrogens with one attached hydrogen (secondary N) is 1. The fourth-order valence-electron chi connectivity index (χ4n) is 3.86. The van der Waals surface area contributed by atoms with Crippen LogP contribution in [0.2, 0.25) is 0 Å². The summed E-state index contributed by atoms with van der Waals surface area (Å²) in [6.45, 7) is 3.94. The lowest BCUT2D eigenvalue weighted by Crippen LogP contribution is -2.38. The Morgan fingerprint density at radius 2 is 1.53 bits per heavy atom. The van der Waals surface area contributed by atoms with E-state index >= 15 is 0 Å². The summed E-state index contributed by atoms with van der Waals surface area (Å²) in [4.78, 5) is 17.6. The molecular weight excluding hydrogens is 456 g/mol. The van der Waals surface area contributed by atoms with Crippen molar-refractivity contribution >= 4 is 22.7 Å². The highest BCUT2D eigenvalue weighted by atomic mass is 16.7. The number of carbonyl (C=O) groups is 1. The Hall–Kier alpha value is -4.78. The maximum atomic E-state index is 13.1. The molecule has 36 heavy (non-hydrogen) atoms. The average Bonchev–Trinajstić information content (AvgIpc) is 3.29. The second kappa shape index (κ2) is 9.84. The fraction of sp³-hybridized carbons (Fsp3) is 0.103. The monoisotopic (exact) mass is 480 g/mol. The zero-order chi connectivity index (χ0) is 25.1. The lowest BCUT2D eigenvalue weighted by atomic mass is 10.1. The lowest BCUT2D eigenvalue weighted by molar-refractivity contribution is -0.134.